The van der Waals surface area contributed by atoms with E-state index in [-0.39, 0.29) is 17.5 Å². The number of carboxylic acids is 1. The summed E-state index contributed by atoms with van der Waals surface area (Å²) >= 11 is 3.24. The number of carboxylic acid groups (broad SMARTS) is 1. The van der Waals surface area contributed by atoms with E-state index in [4.69, 9.17) is 0 Å². The Balaban J connectivity index is 2.02. The third kappa shape index (κ3) is 3.90. The zero-order valence-corrected chi connectivity index (χ0v) is 12.9. The van der Waals surface area contributed by atoms with Crippen LogP contribution in [0.2, 0.25) is 0 Å². The van der Waals surface area contributed by atoms with E-state index in [0.717, 1.165) is 19.3 Å². The van der Waals surface area contributed by atoms with E-state index < -0.39 is 10.9 Å². The van der Waals surface area contributed by atoms with Crippen molar-refractivity contribution in [2.75, 3.05) is 11.9 Å². The second-order valence-corrected chi connectivity index (χ2v) is 6.01. The van der Waals surface area contributed by atoms with E-state index in [1.54, 1.807) is 0 Å². The van der Waals surface area contributed by atoms with E-state index in [1.165, 1.54) is 12.3 Å². The van der Waals surface area contributed by atoms with Gasteiger partial charge in [0, 0.05) is 12.6 Å². The van der Waals surface area contributed by atoms with Gasteiger partial charge >= 0.3 is 5.97 Å². The third-order valence-corrected chi connectivity index (χ3v) is 4.40. The Hall–Kier alpha value is -1.70. The fourth-order valence-electron chi connectivity index (χ4n) is 2.66. The Labute approximate surface area is 130 Å². The van der Waals surface area contributed by atoms with Gasteiger partial charge in [-0.1, -0.05) is 12.8 Å². The van der Waals surface area contributed by atoms with E-state index in [1.807, 2.05) is 0 Å². The quantitative estimate of drug-likeness (QED) is 0.619. The third-order valence-electron chi connectivity index (χ3n) is 3.80. The number of pyridine rings is 1. The topological polar surface area (TPSA) is 105 Å². The summed E-state index contributed by atoms with van der Waals surface area (Å²) in [5.41, 5.74) is -0.0893. The molecule has 8 heteroatoms. The van der Waals surface area contributed by atoms with Gasteiger partial charge in [0.25, 0.3) is 5.69 Å². The summed E-state index contributed by atoms with van der Waals surface area (Å²) in [6.45, 7) is 0.500. The van der Waals surface area contributed by atoms with Crippen LogP contribution in [0.5, 0.6) is 0 Å². The molecule has 1 aliphatic rings. The largest absolute Gasteiger partial charge is 0.481 e. The maximum atomic E-state index is 11.2. The van der Waals surface area contributed by atoms with Crippen LogP contribution in [0, 0.1) is 22.0 Å². The van der Waals surface area contributed by atoms with Crippen molar-refractivity contribution in [2.45, 2.75) is 25.7 Å². The molecule has 2 N–H and O–H groups in total. The fraction of sp³-hybridized carbons (Fsp3) is 0.538. The van der Waals surface area contributed by atoms with Crippen molar-refractivity contribution in [1.82, 2.24) is 4.98 Å². The molecule has 1 saturated carbocycles. The van der Waals surface area contributed by atoms with Crippen molar-refractivity contribution in [3.8, 4) is 0 Å². The average molecular weight is 358 g/mol. The molecule has 0 spiro atoms. The minimum Gasteiger partial charge on any atom is -0.481 e. The molecule has 0 radical (unpaired) electrons. The zero-order valence-electron chi connectivity index (χ0n) is 11.3. The van der Waals surface area contributed by atoms with Gasteiger partial charge in [0.05, 0.1) is 15.3 Å². The number of nitrogens with one attached hydrogen (secondary N) is 1. The van der Waals surface area contributed by atoms with E-state index in [2.05, 4.69) is 26.2 Å². The Kier molecular flexibility index (Phi) is 5.11. The van der Waals surface area contributed by atoms with Gasteiger partial charge in [0.15, 0.2) is 0 Å². The first-order chi connectivity index (χ1) is 9.99. The number of carbonyl (C=O) groups is 1. The summed E-state index contributed by atoms with van der Waals surface area (Å²) in [5, 5.41) is 23.0. The van der Waals surface area contributed by atoms with Crippen LogP contribution in [0.25, 0.3) is 0 Å². The molecule has 2 rings (SSSR count). The molecule has 2 atom stereocenters. The molecule has 0 saturated heterocycles. The summed E-state index contributed by atoms with van der Waals surface area (Å²) < 4.78 is 0.499. The summed E-state index contributed by atoms with van der Waals surface area (Å²) in [7, 11) is 0. The number of aromatic nitrogens is 1. The maximum Gasteiger partial charge on any atom is 0.306 e. The van der Waals surface area contributed by atoms with Crippen molar-refractivity contribution in [2.24, 2.45) is 11.8 Å². The molecule has 7 nitrogen and oxygen atoms in total. The number of anilines is 1. The molecule has 114 valence electrons. The number of halogens is 1. The molecule has 21 heavy (non-hydrogen) atoms. The molecule has 1 heterocycles. The maximum absolute atomic E-state index is 11.2. The summed E-state index contributed by atoms with van der Waals surface area (Å²) in [4.78, 5) is 25.4. The predicted molar refractivity (Wildman–Crippen MR) is 80.2 cm³/mol. The molecule has 1 aliphatic carbocycles. The lowest BCUT2D eigenvalue weighted by Crippen LogP contribution is -2.31. The van der Waals surface area contributed by atoms with Gasteiger partial charge in [-0.15, -0.1) is 0 Å². The highest BCUT2D eigenvalue weighted by Crippen LogP contribution is 2.31. The predicted octanol–water partition coefficient (Wildman–Crippen LogP) is 3.06. The van der Waals surface area contributed by atoms with Crippen molar-refractivity contribution in [3.63, 3.8) is 0 Å². The van der Waals surface area contributed by atoms with Gasteiger partial charge in [-0.3, -0.25) is 14.9 Å². The van der Waals surface area contributed by atoms with Gasteiger partial charge in [0.1, 0.15) is 12.0 Å². The Bertz CT molecular complexity index is 552. The Morgan fingerprint density at radius 1 is 1.52 bits per heavy atom. The molecule has 1 aromatic rings. The second kappa shape index (κ2) is 6.84. The number of nitrogens with zero attached hydrogens (tertiary/aromatic N) is 2. The number of rotatable bonds is 5. The van der Waals surface area contributed by atoms with Gasteiger partial charge in [-0.2, -0.15) is 0 Å². The molecule has 0 aromatic carbocycles. The highest BCUT2D eigenvalue weighted by Gasteiger charge is 2.30. The van der Waals surface area contributed by atoms with Crippen LogP contribution in [0.4, 0.5) is 11.5 Å². The molecule has 0 aliphatic heterocycles. The normalized spacial score (nSPS) is 21.8. The standard InChI is InChI=1S/C13H16BrN3O4/c14-11-5-9(17(20)21)7-16-12(11)15-6-8-3-1-2-4-10(8)13(18)19/h5,7-8,10H,1-4,6H2,(H,15,16)(H,18,19). The Morgan fingerprint density at radius 3 is 2.86 bits per heavy atom. The Morgan fingerprint density at radius 2 is 2.24 bits per heavy atom. The number of aliphatic carboxylic acids is 1. The van der Waals surface area contributed by atoms with Gasteiger partial charge in [0.2, 0.25) is 0 Å². The molecule has 2 unspecified atom stereocenters. The van der Waals surface area contributed by atoms with E-state index in [0.29, 0.717) is 23.3 Å². The minimum absolute atomic E-state index is 0.0557. The lowest BCUT2D eigenvalue weighted by molar-refractivity contribution is -0.385. The fourth-order valence-corrected chi connectivity index (χ4v) is 3.14. The van der Waals surface area contributed by atoms with E-state index >= 15 is 0 Å². The molecule has 1 fully saturated rings. The van der Waals surface area contributed by atoms with Crippen molar-refractivity contribution in [1.29, 1.82) is 0 Å². The average Bonchev–Trinajstić information content (AvgIpc) is 2.46. The lowest BCUT2D eigenvalue weighted by Gasteiger charge is -2.28. The number of hydrogen-bond acceptors (Lipinski definition) is 5. The minimum atomic E-state index is -0.753. The van der Waals surface area contributed by atoms with Crippen molar-refractivity contribution in [3.05, 3.63) is 26.9 Å². The van der Waals surface area contributed by atoms with Crippen LogP contribution < -0.4 is 5.32 Å². The summed E-state index contributed by atoms with van der Waals surface area (Å²) in [6.07, 6.45) is 4.74. The van der Waals surface area contributed by atoms with Gasteiger partial charge in [-0.25, -0.2) is 4.98 Å². The monoisotopic (exact) mass is 357 g/mol. The second-order valence-electron chi connectivity index (χ2n) is 5.15. The van der Waals surface area contributed by atoms with E-state index in [9.17, 15) is 20.0 Å². The first-order valence-corrected chi connectivity index (χ1v) is 7.55. The van der Waals surface area contributed by atoms with Gasteiger partial charge < -0.3 is 10.4 Å². The van der Waals surface area contributed by atoms with Crippen LogP contribution >= 0.6 is 15.9 Å². The molecular weight excluding hydrogens is 342 g/mol. The first kappa shape index (κ1) is 15.7. The summed E-state index contributed by atoms with van der Waals surface area (Å²) in [6, 6.07) is 1.38. The van der Waals surface area contributed by atoms with Crippen LogP contribution in [0.1, 0.15) is 25.7 Å². The molecule has 0 bridgehead atoms. The number of hydrogen-bond donors (Lipinski definition) is 2. The van der Waals surface area contributed by atoms with Crippen LogP contribution in [-0.4, -0.2) is 27.5 Å². The van der Waals surface area contributed by atoms with Crippen LogP contribution in [0.15, 0.2) is 16.7 Å². The SMILES string of the molecule is O=C(O)C1CCCCC1CNc1ncc([N+](=O)[O-])cc1Br. The first-order valence-electron chi connectivity index (χ1n) is 6.75. The molecule has 1 aromatic heterocycles. The highest BCUT2D eigenvalue weighted by atomic mass is 79.9. The highest BCUT2D eigenvalue weighted by molar-refractivity contribution is 9.10. The molecule has 0 amide bonds. The smallest absolute Gasteiger partial charge is 0.306 e. The van der Waals surface area contributed by atoms with Crippen LogP contribution in [0.3, 0.4) is 0 Å². The molecular formula is C13H16BrN3O4. The van der Waals surface area contributed by atoms with Crippen molar-refractivity contribution >= 4 is 33.4 Å². The zero-order chi connectivity index (χ0) is 15.4. The van der Waals surface area contributed by atoms with Crippen molar-refractivity contribution < 1.29 is 14.8 Å². The number of nitro groups is 1. The summed E-state index contributed by atoms with van der Waals surface area (Å²) in [5.74, 6) is -0.532. The van der Waals surface area contributed by atoms with Crippen LogP contribution in [-0.2, 0) is 4.79 Å². The lowest BCUT2D eigenvalue weighted by atomic mass is 9.79. The van der Waals surface area contributed by atoms with Gasteiger partial charge in [-0.05, 0) is 34.7 Å².